The van der Waals surface area contributed by atoms with Crippen molar-refractivity contribution in [1.29, 1.82) is 0 Å². The van der Waals surface area contributed by atoms with E-state index in [1.165, 1.54) is 23.5 Å². The zero-order valence-corrected chi connectivity index (χ0v) is 16.3. The minimum absolute atomic E-state index is 0.0863. The van der Waals surface area contributed by atoms with Crippen molar-refractivity contribution >= 4 is 17.2 Å². The van der Waals surface area contributed by atoms with Crippen LogP contribution in [0.5, 0.6) is 0 Å². The molecule has 0 radical (unpaired) electrons. The Labute approximate surface area is 166 Å². The standard InChI is InChI=1S/C21H20FN3O2S/c1-14-6-9-28-19(14)20(26)24-8-7-21(12-24)13-25-17(10-23-18(25)11-27-21)15-2-4-16(22)5-3-15/h2-6,9-10H,7-8,11-13H2,1H3. The molecule has 1 amide bonds. The zero-order valence-electron chi connectivity index (χ0n) is 15.5. The first-order valence-electron chi connectivity index (χ1n) is 9.32. The minimum Gasteiger partial charge on any atom is -0.363 e. The van der Waals surface area contributed by atoms with E-state index in [-0.39, 0.29) is 11.7 Å². The highest BCUT2D eigenvalue weighted by Crippen LogP contribution is 2.36. The molecule has 28 heavy (non-hydrogen) atoms. The molecule has 1 atom stereocenters. The van der Waals surface area contributed by atoms with Gasteiger partial charge < -0.3 is 14.2 Å². The largest absolute Gasteiger partial charge is 0.363 e. The molecule has 2 aromatic heterocycles. The first-order chi connectivity index (χ1) is 13.5. The fourth-order valence-electron chi connectivity index (χ4n) is 4.11. The monoisotopic (exact) mass is 397 g/mol. The average Bonchev–Trinajstić information content (AvgIpc) is 3.41. The van der Waals surface area contributed by atoms with Gasteiger partial charge in [-0.1, -0.05) is 0 Å². The van der Waals surface area contributed by atoms with Gasteiger partial charge in [-0.15, -0.1) is 11.3 Å². The summed E-state index contributed by atoms with van der Waals surface area (Å²) in [6, 6.07) is 8.44. The maximum absolute atomic E-state index is 13.3. The van der Waals surface area contributed by atoms with Gasteiger partial charge >= 0.3 is 0 Å². The van der Waals surface area contributed by atoms with Gasteiger partial charge in [0.2, 0.25) is 0 Å². The number of amides is 1. The second-order valence-corrected chi connectivity index (χ2v) is 8.45. The van der Waals surface area contributed by atoms with E-state index in [2.05, 4.69) is 9.55 Å². The van der Waals surface area contributed by atoms with Gasteiger partial charge in [0.25, 0.3) is 5.91 Å². The number of fused-ring (bicyclic) bond motifs is 1. The number of aryl methyl sites for hydroxylation is 1. The molecular weight excluding hydrogens is 377 g/mol. The van der Waals surface area contributed by atoms with Crippen molar-refractivity contribution in [3.05, 3.63) is 64.0 Å². The van der Waals surface area contributed by atoms with Gasteiger partial charge in [0, 0.05) is 6.54 Å². The Kier molecular flexibility index (Phi) is 4.10. The van der Waals surface area contributed by atoms with Crippen molar-refractivity contribution in [3.8, 4) is 11.3 Å². The molecule has 3 aromatic rings. The Bertz CT molecular complexity index is 1040. The fraction of sp³-hybridized carbons (Fsp3) is 0.333. The Morgan fingerprint density at radius 2 is 2.07 bits per heavy atom. The van der Waals surface area contributed by atoms with E-state index < -0.39 is 5.60 Å². The van der Waals surface area contributed by atoms with Crippen LogP contribution in [0.3, 0.4) is 0 Å². The van der Waals surface area contributed by atoms with Crippen molar-refractivity contribution in [1.82, 2.24) is 14.5 Å². The van der Waals surface area contributed by atoms with Gasteiger partial charge in [-0.05, 0) is 60.2 Å². The summed E-state index contributed by atoms with van der Waals surface area (Å²) in [6.45, 7) is 4.29. The van der Waals surface area contributed by atoms with E-state index >= 15 is 0 Å². The molecule has 0 N–H and O–H groups in total. The quantitative estimate of drug-likeness (QED) is 0.659. The fourth-order valence-corrected chi connectivity index (χ4v) is 5.00. The van der Waals surface area contributed by atoms with E-state index in [0.29, 0.717) is 26.2 Å². The first-order valence-corrected chi connectivity index (χ1v) is 10.2. The smallest absolute Gasteiger partial charge is 0.264 e. The number of thiophene rings is 1. The summed E-state index contributed by atoms with van der Waals surface area (Å²) in [7, 11) is 0. The van der Waals surface area contributed by atoms with Crippen LogP contribution < -0.4 is 0 Å². The lowest BCUT2D eigenvalue weighted by Crippen LogP contribution is -2.45. The van der Waals surface area contributed by atoms with E-state index in [4.69, 9.17) is 4.74 Å². The van der Waals surface area contributed by atoms with Crippen molar-refractivity contribution in [2.75, 3.05) is 13.1 Å². The maximum Gasteiger partial charge on any atom is 0.264 e. The highest BCUT2D eigenvalue weighted by molar-refractivity contribution is 7.12. The lowest BCUT2D eigenvalue weighted by Gasteiger charge is -2.35. The van der Waals surface area contributed by atoms with Crippen LogP contribution in [0.15, 0.2) is 41.9 Å². The predicted octanol–water partition coefficient (Wildman–Crippen LogP) is 3.87. The van der Waals surface area contributed by atoms with Crippen LogP contribution in [-0.4, -0.2) is 39.0 Å². The number of imidazole rings is 1. The van der Waals surface area contributed by atoms with E-state index in [0.717, 1.165) is 33.9 Å². The Hall–Kier alpha value is -2.51. The highest BCUT2D eigenvalue weighted by Gasteiger charge is 2.45. The molecule has 1 saturated heterocycles. The van der Waals surface area contributed by atoms with Gasteiger partial charge in [0.15, 0.2) is 0 Å². The Balaban J connectivity index is 1.40. The predicted molar refractivity (Wildman–Crippen MR) is 105 cm³/mol. The van der Waals surface area contributed by atoms with Crippen molar-refractivity contribution in [3.63, 3.8) is 0 Å². The zero-order chi connectivity index (χ0) is 19.3. The summed E-state index contributed by atoms with van der Waals surface area (Å²) in [5.74, 6) is 0.697. The summed E-state index contributed by atoms with van der Waals surface area (Å²) < 4.78 is 21.7. The minimum atomic E-state index is -0.399. The molecule has 2 aliphatic heterocycles. The normalized spacial score (nSPS) is 21.3. The van der Waals surface area contributed by atoms with E-state index in [9.17, 15) is 9.18 Å². The van der Waals surface area contributed by atoms with Gasteiger partial charge in [-0.2, -0.15) is 0 Å². The van der Waals surface area contributed by atoms with Crippen LogP contribution in [0, 0.1) is 12.7 Å². The van der Waals surface area contributed by atoms with E-state index in [1.54, 1.807) is 12.1 Å². The molecule has 7 heteroatoms. The number of ether oxygens (including phenoxy) is 1. The molecule has 1 unspecified atom stereocenters. The van der Waals surface area contributed by atoms with Gasteiger partial charge in [0.1, 0.15) is 23.8 Å². The number of carbonyl (C=O) groups excluding carboxylic acids is 1. The lowest BCUT2D eigenvalue weighted by atomic mass is 10.0. The molecule has 2 aliphatic rings. The summed E-state index contributed by atoms with van der Waals surface area (Å²) in [6.07, 6.45) is 2.61. The number of rotatable bonds is 2. The number of benzene rings is 1. The molecular formula is C21H20FN3O2S. The van der Waals surface area contributed by atoms with Crippen LogP contribution in [-0.2, 0) is 17.9 Å². The number of likely N-dealkylation sites (tertiary alicyclic amines) is 1. The SMILES string of the molecule is Cc1ccsc1C(=O)N1CCC2(C1)Cn1c(-c3ccc(F)cc3)cnc1CO2. The third kappa shape index (κ3) is 2.86. The molecule has 1 spiro atoms. The highest BCUT2D eigenvalue weighted by atomic mass is 32.1. The van der Waals surface area contributed by atoms with Crippen molar-refractivity contribution in [2.45, 2.75) is 32.1 Å². The molecule has 1 aromatic carbocycles. The molecule has 0 saturated carbocycles. The van der Waals surface area contributed by atoms with Crippen LogP contribution in [0.25, 0.3) is 11.3 Å². The lowest BCUT2D eigenvalue weighted by molar-refractivity contribution is -0.0804. The van der Waals surface area contributed by atoms with Crippen molar-refractivity contribution in [2.24, 2.45) is 0 Å². The maximum atomic E-state index is 13.3. The third-order valence-electron chi connectivity index (χ3n) is 5.69. The molecule has 144 valence electrons. The average molecular weight is 397 g/mol. The summed E-state index contributed by atoms with van der Waals surface area (Å²) in [5, 5.41) is 1.96. The van der Waals surface area contributed by atoms with Crippen molar-refractivity contribution < 1.29 is 13.9 Å². The summed E-state index contributed by atoms with van der Waals surface area (Å²) >= 11 is 1.49. The number of hydrogen-bond donors (Lipinski definition) is 0. The number of carbonyl (C=O) groups is 1. The number of hydrogen-bond acceptors (Lipinski definition) is 4. The molecule has 0 bridgehead atoms. The third-order valence-corrected chi connectivity index (χ3v) is 6.70. The van der Waals surface area contributed by atoms with Crippen LogP contribution in [0.4, 0.5) is 4.39 Å². The Morgan fingerprint density at radius 1 is 1.25 bits per heavy atom. The topological polar surface area (TPSA) is 47.4 Å². The molecule has 0 aliphatic carbocycles. The van der Waals surface area contributed by atoms with Gasteiger partial charge in [-0.3, -0.25) is 4.79 Å². The van der Waals surface area contributed by atoms with Gasteiger partial charge in [0.05, 0.1) is 29.9 Å². The van der Waals surface area contributed by atoms with Crippen LogP contribution >= 0.6 is 11.3 Å². The number of nitrogens with zero attached hydrogens (tertiary/aromatic N) is 3. The molecule has 5 rings (SSSR count). The Morgan fingerprint density at radius 3 is 2.82 bits per heavy atom. The second kappa shape index (κ2) is 6.53. The molecule has 4 heterocycles. The van der Waals surface area contributed by atoms with Gasteiger partial charge in [-0.25, -0.2) is 9.37 Å². The number of halogens is 1. The van der Waals surface area contributed by atoms with E-state index in [1.807, 2.05) is 29.5 Å². The summed E-state index contributed by atoms with van der Waals surface area (Å²) in [4.78, 5) is 20.1. The molecule has 1 fully saturated rings. The number of aromatic nitrogens is 2. The summed E-state index contributed by atoms with van der Waals surface area (Å²) in [5.41, 5.74) is 2.51. The molecule has 5 nitrogen and oxygen atoms in total. The first kappa shape index (κ1) is 17.6. The van der Waals surface area contributed by atoms with Crippen LogP contribution in [0.2, 0.25) is 0 Å². The second-order valence-electron chi connectivity index (χ2n) is 7.53. The van der Waals surface area contributed by atoms with Crippen LogP contribution in [0.1, 0.15) is 27.5 Å².